The van der Waals surface area contributed by atoms with Gasteiger partial charge in [-0.3, -0.25) is 0 Å². The highest BCUT2D eigenvalue weighted by Gasteiger charge is 2.23. The molecule has 0 aromatic heterocycles. The van der Waals surface area contributed by atoms with Gasteiger partial charge in [-0.05, 0) is 76.6 Å². The van der Waals surface area contributed by atoms with Crippen molar-refractivity contribution >= 4 is 22.5 Å². The third kappa shape index (κ3) is 5.81. The van der Waals surface area contributed by atoms with Gasteiger partial charge in [0.1, 0.15) is 11.5 Å². The summed E-state index contributed by atoms with van der Waals surface area (Å²) in [4.78, 5) is 0. The number of benzene rings is 5. The maximum atomic E-state index is 6.65. The number of allylic oxidation sites excluding steroid dienone is 10. The molecular weight excluding hydrogens is 558 g/mol. The summed E-state index contributed by atoms with van der Waals surface area (Å²) in [7, 11) is 0. The molecule has 1 aliphatic heterocycles. The van der Waals surface area contributed by atoms with Crippen LogP contribution in [0.2, 0.25) is 0 Å². The highest BCUT2D eigenvalue weighted by Crippen LogP contribution is 2.49. The third-order valence-electron chi connectivity index (χ3n) is 8.40. The maximum Gasteiger partial charge on any atom is 0.137 e. The molecule has 1 aliphatic carbocycles. The topological polar surface area (TPSA) is 21.3 Å². The summed E-state index contributed by atoms with van der Waals surface area (Å²) in [6.45, 7) is 6.48. The Labute approximate surface area is 271 Å². The molecule has 1 N–H and O–H groups in total. The average Bonchev–Trinajstić information content (AvgIpc) is 3.24. The molecule has 0 atom stereocenters. The summed E-state index contributed by atoms with van der Waals surface area (Å²) in [5.41, 5.74) is 13.2. The van der Waals surface area contributed by atoms with Crippen LogP contribution in [0.4, 0.5) is 11.4 Å². The number of fused-ring (bicyclic) bond motifs is 5. The van der Waals surface area contributed by atoms with Crippen LogP contribution in [0.15, 0.2) is 176 Å². The first kappa shape index (κ1) is 28.9. The van der Waals surface area contributed by atoms with Crippen molar-refractivity contribution in [3.63, 3.8) is 0 Å². The Kier molecular flexibility index (Phi) is 8.17. The zero-order chi connectivity index (χ0) is 31.3. The quantitative estimate of drug-likeness (QED) is 0.186. The summed E-state index contributed by atoms with van der Waals surface area (Å²) in [6, 6.07) is 40.4. The number of ether oxygens (including phenoxy) is 1. The second-order valence-electron chi connectivity index (χ2n) is 11.4. The summed E-state index contributed by atoms with van der Waals surface area (Å²) in [6.07, 6.45) is 17.7. The van der Waals surface area contributed by atoms with Gasteiger partial charge in [-0.25, -0.2) is 0 Å². The van der Waals surface area contributed by atoms with Crippen LogP contribution >= 0.6 is 0 Å². The lowest BCUT2D eigenvalue weighted by atomic mass is 9.90. The van der Waals surface area contributed by atoms with Gasteiger partial charge in [-0.2, -0.15) is 0 Å². The Bertz CT molecular complexity index is 2070. The van der Waals surface area contributed by atoms with E-state index in [1.54, 1.807) is 0 Å². The Morgan fingerprint density at radius 2 is 1.39 bits per heavy atom. The fraction of sp³-hybridized carbons (Fsp3) is 0.0455. The first-order valence-electron chi connectivity index (χ1n) is 15.7. The van der Waals surface area contributed by atoms with Crippen molar-refractivity contribution in [3.8, 4) is 33.8 Å². The molecule has 0 spiro atoms. The number of hydrogen-bond donors (Lipinski definition) is 1. The van der Waals surface area contributed by atoms with Crippen LogP contribution in [0.3, 0.4) is 0 Å². The molecule has 0 bridgehead atoms. The van der Waals surface area contributed by atoms with Gasteiger partial charge in [0, 0.05) is 28.4 Å². The average molecular weight is 594 g/mol. The lowest BCUT2D eigenvalue weighted by molar-refractivity contribution is 0.488. The fourth-order valence-corrected chi connectivity index (χ4v) is 6.18. The van der Waals surface area contributed by atoms with Gasteiger partial charge in [0.05, 0.1) is 5.69 Å². The van der Waals surface area contributed by atoms with Crippen molar-refractivity contribution in [2.45, 2.75) is 13.3 Å². The number of nitrogens with one attached hydrogen (secondary N) is 1. The largest absolute Gasteiger partial charge is 0.456 e. The second kappa shape index (κ2) is 13.0. The molecule has 0 radical (unpaired) electrons. The lowest BCUT2D eigenvalue weighted by Crippen LogP contribution is -1.99. The Morgan fingerprint density at radius 3 is 2.13 bits per heavy atom. The molecule has 7 rings (SSSR count). The molecule has 0 amide bonds. The lowest BCUT2D eigenvalue weighted by Gasteiger charge is -2.19. The highest BCUT2D eigenvalue weighted by molar-refractivity contribution is 5.95. The van der Waals surface area contributed by atoms with Crippen LogP contribution in [0.25, 0.3) is 33.4 Å². The van der Waals surface area contributed by atoms with Gasteiger partial charge in [0.15, 0.2) is 0 Å². The molecule has 0 saturated carbocycles. The Morgan fingerprint density at radius 1 is 0.696 bits per heavy atom. The van der Waals surface area contributed by atoms with E-state index in [4.69, 9.17) is 4.74 Å². The maximum absolute atomic E-state index is 6.65. The SMILES string of the molecule is C=C(/C=C\C=C/C)c1cc2c(cc1Nc1ccc(/C(=C3/C=CC=CC3)c3ccccc3)cc1)Oc1ccccc1-c1ccccc1-2. The second-order valence-corrected chi connectivity index (χ2v) is 11.4. The molecule has 5 aromatic carbocycles. The number of rotatable bonds is 7. The van der Waals surface area contributed by atoms with E-state index in [2.05, 4.69) is 145 Å². The van der Waals surface area contributed by atoms with Crippen LogP contribution in [0.5, 0.6) is 11.5 Å². The molecule has 1 heterocycles. The molecule has 0 saturated heterocycles. The predicted octanol–water partition coefficient (Wildman–Crippen LogP) is 12.3. The van der Waals surface area contributed by atoms with Crippen LogP contribution in [0.1, 0.15) is 30.0 Å². The molecule has 2 heteroatoms. The van der Waals surface area contributed by atoms with Crippen LogP contribution in [0, 0.1) is 0 Å². The number of anilines is 2. The Hall–Kier alpha value is -5.86. The molecule has 0 fully saturated rings. The van der Waals surface area contributed by atoms with E-state index in [9.17, 15) is 0 Å². The first-order chi connectivity index (χ1) is 22.7. The minimum Gasteiger partial charge on any atom is -0.456 e. The molecule has 222 valence electrons. The molecule has 2 nitrogen and oxygen atoms in total. The van der Waals surface area contributed by atoms with Gasteiger partial charge in [0.25, 0.3) is 0 Å². The monoisotopic (exact) mass is 593 g/mol. The van der Waals surface area contributed by atoms with Crippen molar-refractivity contribution in [2.75, 3.05) is 5.32 Å². The predicted molar refractivity (Wildman–Crippen MR) is 195 cm³/mol. The fourth-order valence-electron chi connectivity index (χ4n) is 6.18. The van der Waals surface area contributed by atoms with E-state index >= 15 is 0 Å². The van der Waals surface area contributed by atoms with Crippen molar-refractivity contribution < 1.29 is 4.74 Å². The van der Waals surface area contributed by atoms with E-state index in [1.807, 2.05) is 37.3 Å². The Balaban J connectivity index is 1.31. The van der Waals surface area contributed by atoms with Crippen LogP contribution in [-0.2, 0) is 0 Å². The third-order valence-corrected chi connectivity index (χ3v) is 8.40. The zero-order valence-corrected chi connectivity index (χ0v) is 25.9. The molecule has 46 heavy (non-hydrogen) atoms. The van der Waals surface area contributed by atoms with Gasteiger partial charge in [-0.15, -0.1) is 0 Å². The zero-order valence-electron chi connectivity index (χ0n) is 25.9. The highest BCUT2D eigenvalue weighted by atomic mass is 16.5. The van der Waals surface area contributed by atoms with Crippen LogP contribution in [-0.4, -0.2) is 0 Å². The van der Waals surface area contributed by atoms with Crippen molar-refractivity contribution in [2.24, 2.45) is 0 Å². The molecule has 5 aromatic rings. The molecule has 0 unspecified atom stereocenters. The molecular formula is C44H35NO. The summed E-state index contributed by atoms with van der Waals surface area (Å²) in [5, 5.41) is 3.71. The van der Waals surface area contributed by atoms with Crippen molar-refractivity contribution in [1.29, 1.82) is 0 Å². The number of para-hydroxylation sites is 1. The summed E-state index contributed by atoms with van der Waals surface area (Å²) in [5.74, 6) is 1.65. The van der Waals surface area contributed by atoms with E-state index < -0.39 is 0 Å². The van der Waals surface area contributed by atoms with E-state index in [0.29, 0.717) is 0 Å². The van der Waals surface area contributed by atoms with Crippen molar-refractivity contribution in [3.05, 3.63) is 193 Å². The number of hydrogen-bond acceptors (Lipinski definition) is 2. The van der Waals surface area contributed by atoms with Crippen molar-refractivity contribution in [1.82, 2.24) is 0 Å². The van der Waals surface area contributed by atoms with E-state index in [1.165, 1.54) is 22.3 Å². The standard InChI is InChI=1S/C44H35NO/c1-3-4-7-16-31(2)39-29-40-37-22-13-12-21-36(37)38-23-14-15-24-42(38)46-43(40)30-41(39)45-35-27-25-34(26-28-35)44(32-17-8-5-9-18-32)33-19-10-6-11-20-33/h3-19,21-30,45H,2,20H2,1H3/b4-3-,16-7-,44-33-. The van der Waals surface area contributed by atoms with Gasteiger partial charge in [0.2, 0.25) is 0 Å². The minimum absolute atomic E-state index is 0.804. The van der Waals surface area contributed by atoms with Gasteiger partial charge >= 0.3 is 0 Å². The van der Waals surface area contributed by atoms with E-state index in [-0.39, 0.29) is 0 Å². The normalized spacial score (nSPS) is 14.3. The van der Waals surface area contributed by atoms with Gasteiger partial charge < -0.3 is 10.1 Å². The summed E-state index contributed by atoms with van der Waals surface area (Å²) < 4.78 is 6.65. The van der Waals surface area contributed by atoms with Gasteiger partial charge in [-0.1, -0.05) is 140 Å². The van der Waals surface area contributed by atoms with Crippen LogP contribution < -0.4 is 10.1 Å². The molecule has 2 aliphatic rings. The minimum atomic E-state index is 0.804. The first-order valence-corrected chi connectivity index (χ1v) is 15.7. The van der Waals surface area contributed by atoms with E-state index in [0.717, 1.165) is 62.7 Å². The smallest absolute Gasteiger partial charge is 0.137 e. The summed E-state index contributed by atoms with van der Waals surface area (Å²) >= 11 is 0.